The van der Waals surface area contributed by atoms with Gasteiger partial charge in [-0.3, -0.25) is 0 Å². The van der Waals surface area contributed by atoms with E-state index >= 15 is 0 Å². The van der Waals surface area contributed by atoms with Crippen LogP contribution in [0.25, 0.3) is 0 Å². The van der Waals surface area contributed by atoms with Gasteiger partial charge in [-0.2, -0.15) is 0 Å². The minimum Gasteiger partial charge on any atom is -0.381 e. The van der Waals surface area contributed by atoms with Crippen molar-refractivity contribution in [2.75, 3.05) is 38.4 Å². The Balaban J connectivity index is 1.72. The van der Waals surface area contributed by atoms with Crippen LogP contribution in [0.2, 0.25) is 0 Å². The summed E-state index contributed by atoms with van der Waals surface area (Å²) in [6, 6.07) is 1.45. The number of nitrogens with one attached hydrogen (secondary N) is 1. The molecule has 2 saturated heterocycles. The molecule has 2 aliphatic rings. The van der Waals surface area contributed by atoms with Crippen LogP contribution in [0.5, 0.6) is 0 Å². The van der Waals surface area contributed by atoms with Gasteiger partial charge in [-0.1, -0.05) is 0 Å². The van der Waals surface area contributed by atoms with Crippen molar-refractivity contribution in [1.82, 2.24) is 10.2 Å². The van der Waals surface area contributed by atoms with Gasteiger partial charge in [0.05, 0.1) is 0 Å². The summed E-state index contributed by atoms with van der Waals surface area (Å²) in [6.45, 7) is 3.08. The summed E-state index contributed by atoms with van der Waals surface area (Å²) < 4.78 is 5.37. The van der Waals surface area contributed by atoms with Crippen molar-refractivity contribution in [3.8, 4) is 0 Å². The Hall–Kier alpha value is 0.230. The summed E-state index contributed by atoms with van der Waals surface area (Å²) in [5, 5.41) is 3.52. The fourth-order valence-corrected chi connectivity index (χ4v) is 3.16. The van der Waals surface area contributed by atoms with Crippen LogP contribution in [-0.4, -0.2) is 55.4 Å². The van der Waals surface area contributed by atoms with Gasteiger partial charge in [0.15, 0.2) is 0 Å². The van der Waals surface area contributed by atoms with Gasteiger partial charge in [-0.05, 0) is 19.9 Å². The Bertz CT molecular complexity index is 168. The highest BCUT2D eigenvalue weighted by Crippen LogP contribution is 2.16. The van der Waals surface area contributed by atoms with Gasteiger partial charge in [0.2, 0.25) is 0 Å². The van der Waals surface area contributed by atoms with Crippen LogP contribution in [0, 0.1) is 0 Å². The summed E-state index contributed by atoms with van der Waals surface area (Å²) in [5.74, 6) is 2.40. The Morgan fingerprint density at radius 3 is 2.86 bits per heavy atom. The zero-order chi connectivity index (χ0) is 9.80. The van der Waals surface area contributed by atoms with Gasteiger partial charge in [0.25, 0.3) is 0 Å². The van der Waals surface area contributed by atoms with E-state index in [1.807, 2.05) is 11.8 Å². The highest BCUT2D eigenvalue weighted by Gasteiger charge is 2.22. The smallest absolute Gasteiger partial charge is 0.0480 e. The van der Waals surface area contributed by atoms with Gasteiger partial charge in [0, 0.05) is 43.5 Å². The number of nitrogens with zero attached hydrogens (tertiary/aromatic N) is 1. The molecular formula is C10H20N2OS. The van der Waals surface area contributed by atoms with E-state index in [-0.39, 0.29) is 0 Å². The summed E-state index contributed by atoms with van der Waals surface area (Å²) in [4.78, 5) is 2.51. The number of thioether (sulfide) groups is 1. The lowest BCUT2D eigenvalue weighted by Crippen LogP contribution is -2.44. The molecule has 1 N–H and O–H groups in total. The Morgan fingerprint density at radius 2 is 2.21 bits per heavy atom. The molecule has 14 heavy (non-hydrogen) atoms. The van der Waals surface area contributed by atoms with E-state index < -0.39 is 0 Å². The van der Waals surface area contributed by atoms with Crippen molar-refractivity contribution in [3.63, 3.8) is 0 Å². The lowest BCUT2D eigenvalue weighted by molar-refractivity contribution is 0.0412. The SMILES string of the molecule is CN(CC1CSCN1)C1CCOCC1. The predicted molar refractivity (Wildman–Crippen MR) is 60.7 cm³/mol. The zero-order valence-corrected chi connectivity index (χ0v) is 9.68. The first-order valence-electron chi connectivity index (χ1n) is 5.45. The van der Waals surface area contributed by atoms with Crippen LogP contribution < -0.4 is 5.32 Å². The average molecular weight is 216 g/mol. The highest BCUT2D eigenvalue weighted by molar-refractivity contribution is 7.99. The Labute approximate surface area is 90.6 Å². The molecule has 82 valence electrons. The molecule has 2 fully saturated rings. The summed E-state index contributed by atoms with van der Waals surface area (Å²) in [6.07, 6.45) is 2.41. The molecule has 0 aromatic heterocycles. The first-order valence-corrected chi connectivity index (χ1v) is 6.61. The summed E-state index contributed by atoms with van der Waals surface area (Å²) in [7, 11) is 2.25. The quantitative estimate of drug-likeness (QED) is 0.753. The number of ether oxygens (including phenoxy) is 1. The van der Waals surface area contributed by atoms with Gasteiger partial charge in [0.1, 0.15) is 0 Å². The van der Waals surface area contributed by atoms with Crippen molar-refractivity contribution in [3.05, 3.63) is 0 Å². The summed E-state index contributed by atoms with van der Waals surface area (Å²) >= 11 is 2.01. The minimum atomic E-state index is 0.702. The molecule has 0 radical (unpaired) electrons. The number of hydrogen-bond acceptors (Lipinski definition) is 4. The summed E-state index contributed by atoms with van der Waals surface area (Å²) in [5.41, 5.74) is 0. The van der Waals surface area contributed by atoms with E-state index in [1.165, 1.54) is 25.1 Å². The fraction of sp³-hybridized carbons (Fsp3) is 1.00. The maximum Gasteiger partial charge on any atom is 0.0480 e. The second-order valence-corrected chi connectivity index (χ2v) is 5.23. The minimum absolute atomic E-state index is 0.702. The molecule has 4 heteroatoms. The molecular weight excluding hydrogens is 196 g/mol. The number of rotatable bonds is 3. The lowest BCUT2D eigenvalue weighted by atomic mass is 10.1. The molecule has 2 heterocycles. The van der Waals surface area contributed by atoms with Crippen LogP contribution in [0.3, 0.4) is 0 Å². The second-order valence-electron chi connectivity index (χ2n) is 4.20. The third-order valence-electron chi connectivity index (χ3n) is 3.12. The molecule has 2 rings (SSSR count). The largest absolute Gasteiger partial charge is 0.381 e. The standard InChI is InChI=1S/C10H20N2OS/c1-12(6-9-7-14-8-11-9)10-2-4-13-5-3-10/h9-11H,2-8H2,1H3. The van der Waals surface area contributed by atoms with Gasteiger partial charge < -0.3 is 15.0 Å². The van der Waals surface area contributed by atoms with Crippen molar-refractivity contribution >= 4 is 11.8 Å². The maximum atomic E-state index is 5.37. The maximum absolute atomic E-state index is 5.37. The van der Waals surface area contributed by atoms with Gasteiger partial charge in [-0.15, -0.1) is 11.8 Å². The van der Waals surface area contributed by atoms with Crippen LogP contribution in [0.1, 0.15) is 12.8 Å². The molecule has 2 aliphatic heterocycles. The van der Waals surface area contributed by atoms with E-state index in [1.54, 1.807) is 0 Å². The van der Waals surface area contributed by atoms with Crippen LogP contribution in [0.15, 0.2) is 0 Å². The first-order chi connectivity index (χ1) is 6.86. The zero-order valence-electron chi connectivity index (χ0n) is 8.87. The number of hydrogen-bond donors (Lipinski definition) is 1. The average Bonchev–Trinajstić information content (AvgIpc) is 2.72. The van der Waals surface area contributed by atoms with Gasteiger partial charge >= 0.3 is 0 Å². The second kappa shape index (κ2) is 5.35. The molecule has 3 nitrogen and oxygen atoms in total. The fourth-order valence-electron chi connectivity index (χ4n) is 2.18. The van der Waals surface area contributed by atoms with Crippen molar-refractivity contribution in [1.29, 1.82) is 0 Å². The van der Waals surface area contributed by atoms with E-state index in [2.05, 4.69) is 17.3 Å². The van der Waals surface area contributed by atoms with Gasteiger partial charge in [-0.25, -0.2) is 0 Å². The third-order valence-corrected chi connectivity index (χ3v) is 4.12. The number of likely N-dealkylation sites (N-methyl/N-ethyl adjacent to an activating group) is 1. The Kier molecular flexibility index (Phi) is 4.10. The van der Waals surface area contributed by atoms with Crippen molar-refractivity contribution in [2.24, 2.45) is 0 Å². The topological polar surface area (TPSA) is 24.5 Å². The van der Waals surface area contributed by atoms with E-state index in [9.17, 15) is 0 Å². The Morgan fingerprint density at radius 1 is 1.43 bits per heavy atom. The molecule has 0 amide bonds. The normalized spacial score (nSPS) is 30.0. The molecule has 0 bridgehead atoms. The third kappa shape index (κ3) is 2.86. The predicted octanol–water partition coefficient (Wildman–Crippen LogP) is 0.760. The van der Waals surface area contributed by atoms with E-state index in [4.69, 9.17) is 4.74 Å². The van der Waals surface area contributed by atoms with Crippen molar-refractivity contribution < 1.29 is 4.74 Å². The highest BCUT2D eigenvalue weighted by atomic mass is 32.2. The van der Waals surface area contributed by atoms with E-state index in [0.29, 0.717) is 6.04 Å². The van der Waals surface area contributed by atoms with Crippen LogP contribution in [0.4, 0.5) is 0 Å². The molecule has 1 atom stereocenters. The first kappa shape index (κ1) is 10.7. The van der Waals surface area contributed by atoms with E-state index in [0.717, 1.165) is 25.1 Å². The molecule has 0 aromatic rings. The van der Waals surface area contributed by atoms with Crippen LogP contribution >= 0.6 is 11.8 Å². The van der Waals surface area contributed by atoms with Crippen LogP contribution in [-0.2, 0) is 4.74 Å². The molecule has 0 aliphatic carbocycles. The molecule has 1 unspecified atom stereocenters. The lowest BCUT2D eigenvalue weighted by Gasteiger charge is -2.32. The monoisotopic (exact) mass is 216 g/mol. The van der Waals surface area contributed by atoms with Crippen molar-refractivity contribution in [2.45, 2.75) is 24.9 Å². The molecule has 0 spiro atoms. The molecule has 0 aromatic carbocycles. The molecule has 0 saturated carbocycles.